The molecule has 22 heavy (non-hydrogen) atoms. The molecule has 0 aromatic heterocycles. The van der Waals surface area contributed by atoms with Crippen LogP contribution in [0.4, 0.5) is 0 Å². The van der Waals surface area contributed by atoms with E-state index in [1.54, 1.807) is 0 Å². The molecule has 0 amide bonds. The van der Waals surface area contributed by atoms with Gasteiger partial charge in [0.15, 0.2) is 6.10 Å². The van der Waals surface area contributed by atoms with Crippen LogP contribution in [0.1, 0.15) is 13.8 Å². The molecule has 0 rings (SSSR count). The number of carbonyl (C=O) groups excluding carboxylic acids is 2. The van der Waals surface area contributed by atoms with Gasteiger partial charge in [-0.1, -0.05) is 0 Å². The Labute approximate surface area is 130 Å². The normalized spacial score (nSPS) is 16.5. The minimum Gasteiger partial charge on any atom is -0.463 e. The van der Waals surface area contributed by atoms with Gasteiger partial charge in [-0.2, -0.15) is 0 Å². The molecule has 0 fully saturated rings. The Kier molecular flexibility index (Phi) is 10.7. The summed E-state index contributed by atoms with van der Waals surface area (Å²) in [5, 5.41) is 0. The van der Waals surface area contributed by atoms with Crippen LogP contribution in [-0.2, 0) is 38.0 Å². The Bertz CT molecular complexity index is 333. The summed E-state index contributed by atoms with van der Waals surface area (Å²) in [7, 11) is 5.87. The fraction of sp³-hybridized carbons (Fsp3) is 0.857. The molecule has 0 saturated heterocycles. The first-order chi connectivity index (χ1) is 10.4. The van der Waals surface area contributed by atoms with Gasteiger partial charge in [-0.15, -0.1) is 0 Å². The summed E-state index contributed by atoms with van der Waals surface area (Å²) in [4.78, 5) is 22.3. The predicted octanol–water partition coefficient (Wildman–Crippen LogP) is 0.173. The zero-order valence-corrected chi connectivity index (χ0v) is 14.0. The molecule has 130 valence electrons. The van der Waals surface area contributed by atoms with Crippen LogP contribution < -0.4 is 0 Å². The van der Waals surface area contributed by atoms with E-state index in [0.29, 0.717) is 0 Å². The highest BCUT2D eigenvalue weighted by Crippen LogP contribution is 2.18. The van der Waals surface area contributed by atoms with Gasteiger partial charge in [-0.05, 0) is 0 Å². The minimum atomic E-state index is -0.784. The second-order valence-electron chi connectivity index (χ2n) is 4.58. The van der Waals surface area contributed by atoms with E-state index in [1.807, 2.05) is 0 Å². The van der Waals surface area contributed by atoms with E-state index in [0.717, 1.165) is 0 Å². The fourth-order valence-corrected chi connectivity index (χ4v) is 2.00. The number of carbonyl (C=O) groups is 2. The summed E-state index contributed by atoms with van der Waals surface area (Å²) in [5.41, 5.74) is 0. The Hall–Kier alpha value is -1.22. The molecule has 0 heterocycles. The van der Waals surface area contributed by atoms with Crippen LogP contribution in [0.2, 0.25) is 0 Å². The lowest BCUT2D eigenvalue weighted by molar-refractivity contribution is -0.189. The van der Waals surface area contributed by atoms with E-state index in [1.165, 1.54) is 42.3 Å². The molecule has 0 saturated carbocycles. The van der Waals surface area contributed by atoms with Gasteiger partial charge in [0.2, 0.25) is 0 Å². The van der Waals surface area contributed by atoms with Crippen LogP contribution in [0, 0.1) is 0 Å². The van der Waals surface area contributed by atoms with Crippen LogP contribution in [0.3, 0.4) is 0 Å². The summed E-state index contributed by atoms with van der Waals surface area (Å²) in [5.74, 6) is -0.936. The van der Waals surface area contributed by atoms with E-state index in [-0.39, 0.29) is 13.2 Å². The molecule has 8 nitrogen and oxygen atoms in total. The highest BCUT2D eigenvalue weighted by Gasteiger charge is 2.38. The summed E-state index contributed by atoms with van der Waals surface area (Å²) in [6.07, 6.45) is -2.68. The van der Waals surface area contributed by atoms with Crippen LogP contribution in [0.5, 0.6) is 0 Å². The highest BCUT2D eigenvalue weighted by molar-refractivity contribution is 5.66. The van der Waals surface area contributed by atoms with Gasteiger partial charge >= 0.3 is 11.9 Å². The summed E-state index contributed by atoms with van der Waals surface area (Å²) < 4.78 is 31.3. The number of hydrogen-bond donors (Lipinski definition) is 0. The maximum Gasteiger partial charge on any atom is 0.303 e. The largest absolute Gasteiger partial charge is 0.463 e. The Morgan fingerprint density at radius 3 is 1.68 bits per heavy atom. The molecule has 0 aliphatic heterocycles. The standard InChI is InChI=1S/C14H26O8/c1-9(15)21-8-12(19-5)13(20-6)14(22-10(2)16)11(18-4)7-17-3/h11-14H,7-8H2,1-6H3/t11-,12+,13-,14+/m1/s1. The van der Waals surface area contributed by atoms with Crippen molar-refractivity contribution in [1.29, 1.82) is 0 Å². The lowest BCUT2D eigenvalue weighted by Crippen LogP contribution is -2.52. The molecule has 4 atom stereocenters. The first kappa shape index (κ1) is 20.8. The van der Waals surface area contributed by atoms with E-state index in [2.05, 4.69) is 0 Å². The van der Waals surface area contributed by atoms with Crippen molar-refractivity contribution in [2.45, 2.75) is 38.3 Å². The maximum absolute atomic E-state index is 11.4. The summed E-state index contributed by atoms with van der Waals surface area (Å²) in [6.45, 7) is 2.73. The molecule has 0 aliphatic carbocycles. The van der Waals surface area contributed by atoms with Crippen LogP contribution in [0.25, 0.3) is 0 Å². The molecule has 0 radical (unpaired) electrons. The third-order valence-electron chi connectivity index (χ3n) is 3.02. The third kappa shape index (κ3) is 7.17. The van der Waals surface area contributed by atoms with Gasteiger partial charge < -0.3 is 28.4 Å². The number of esters is 2. The average molecular weight is 322 g/mol. The first-order valence-electron chi connectivity index (χ1n) is 6.79. The predicted molar refractivity (Wildman–Crippen MR) is 76.5 cm³/mol. The van der Waals surface area contributed by atoms with Crippen molar-refractivity contribution >= 4 is 11.9 Å². The number of methoxy groups -OCH3 is 4. The van der Waals surface area contributed by atoms with E-state index in [9.17, 15) is 9.59 Å². The minimum absolute atomic E-state index is 0.0362. The van der Waals surface area contributed by atoms with Crippen molar-refractivity contribution < 1.29 is 38.0 Å². The van der Waals surface area contributed by atoms with Crippen molar-refractivity contribution in [2.75, 3.05) is 41.7 Å². The molecule has 0 N–H and O–H groups in total. The van der Waals surface area contributed by atoms with Crippen molar-refractivity contribution in [1.82, 2.24) is 0 Å². The molecule has 0 unspecified atom stereocenters. The Morgan fingerprint density at radius 2 is 1.32 bits per heavy atom. The zero-order valence-electron chi connectivity index (χ0n) is 14.0. The molecule has 0 aromatic rings. The molecule has 0 aliphatic rings. The van der Waals surface area contributed by atoms with Crippen molar-refractivity contribution in [3.8, 4) is 0 Å². The van der Waals surface area contributed by atoms with Gasteiger partial charge in [0, 0.05) is 42.3 Å². The van der Waals surface area contributed by atoms with Crippen molar-refractivity contribution in [2.24, 2.45) is 0 Å². The van der Waals surface area contributed by atoms with Crippen molar-refractivity contribution in [3.63, 3.8) is 0 Å². The monoisotopic (exact) mass is 322 g/mol. The van der Waals surface area contributed by atoms with E-state index in [4.69, 9.17) is 28.4 Å². The van der Waals surface area contributed by atoms with E-state index < -0.39 is 36.4 Å². The van der Waals surface area contributed by atoms with Gasteiger partial charge in [0.05, 0.1) is 6.61 Å². The van der Waals surface area contributed by atoms with Crippen LogP contribution in [0.15, 0.2) is 0 Å². The molecule has 0 bridgehead atoms. The topological polar surface area (TPSA) is 89.5 Å². The molecular formula is C14H26O8. The second kappa shape index (κ2) is 11.4. The van der Waals surface area contributed by atoms with Crippen molar-refractivity contribution in [3.05, 3.63) is 0 Å². The van der Waals surface area contributed by atoms with Gasteiger partial charge in [-0.3, -0.25) is 9.59 Å². The SMILES string of the molecule is COC[C@@H](OC)[C@H](OC(C)=O)[C@H](OC)[C@H](COC(C)=O)OC. The number of hydrogen-bond acceptors (Lipinski definition) is 8. The fourth-order valence-electron chi connectivity index (χ4n) is 2.00. The Morgan fingerprint density at radius 1 is 0.773 bits per heavy atom. The summed E-state index contributed by atoms with van der Waals surface area (Å²) >= 11 is 0. The zero-order chi connectivity index (χ0) is 17.1. The van der Waals surface area contributed by atoms with Gasteiger partial charge in [-0.25, -0.2) is 0 Å². The first-order valence-corrected chi connectivity index (χ1v) is 6.79. The van der Waals surface area contributed by atoms with Crippen LogP contribution in [-0.4, -0.2) is 78.0 Å². The lowest BCUT2D eigenvalue weighted by Gasteiger charge is -2.34. The molecule has 0 spiro atoms. The second-order valence-corrected chi connectivity index (χ2v) is 4.58. The van der Waals surface area contributed by atoms with E-state index >= 15 is 0 Å². The van der Waals surface area contributed by atoms with Gasteiger partial charge in [0.1, 0.15) is 24.9 Å². The highest BCUT2D eigenvalue weighted by atomic mass is 16.6. The summed E-state index contributed by atoms with van der Waals surface area (Å²) in [6, 6.07) is 0. The average Bonchev–Trinajstić information content (AvgIpc) is 2.46. The molecule has 8 heteroatoms. The quantitative estimate of drug-likeness (QED) is 0.497. The number of ether oxygens (including phenoxy) is 6. The maximum atomic E-state index is 11.4. The lowest BCUT2D eigenvalue weighted by atomic mass is 10.0. The number of rotatable bonds is 11. The van der Waals surface area contributed by atoms with Crippen LogP contribution >= 0.6 is 0 Å². The smallest absolute Gasteiger partial charge is 0.303 e. The van der Waals surface area contributed by atoms with Gasteiger partial charge in [0.25, 0.3) is 0 Å². The Balaban J connectivity index is 5.21. The third-order valence-corrected chi connectivity index (χ3v) is 3.02. The molecule has 0 aromatic carbocycles. The molecular weight excluding hydrogens is 296 g/mol.